The van der Waals surface area contributed by atoms with Crippen LogP contribution < -0.4 is 0 Å². The summed E-state index contributed by atoms with van der Waals surface area (Å²) in [7, 11) is 0. The van der Waals surface area contributed by atoms with E-state index in [1.54, 1.807) is 0 Å². The molecule has 0 spiro atoms. The number of hydrogen-bond acceptors (Lipinski definition) is 4. The van der Waals surface area contributed by atoms with E-state index in [1.807, 2.05) is 13.8 Å². The summed E-state index contributed by atoms with van der Waals surface area (Å²) in [6.45, 7) is 3.86. The summed E-state index contributed by atoms with van der Waals surface area (Å²) in [6.07, 6.45) is -0.962. The molecule has 0 bridgehead atoms. The molecule has 0 aromatic rings. The first-order valence-corrected chi connectivity index (χ1v) is 3.50. The average molecular weight is 160 g/mol. The lowest BCUT2D eigenvalue weighted by Gasteiger charge is -2.25. The Morgan fingerprint density at radius 3 is 2.73 bits per heavy atom. The van der Waals surface area contributed by atoms with Gasteiger partial charge in [-0.25, -0.2) is 4.79 Å². The summed E-state index contributed by atoms with van der Waals surface area (Å²) in [6, 6.07) is 0. The smallest absolute Gasteiger partial charge is 0.430 e. The zero-order valence-electron chi connectivity index (χ0n) is 6.66. The van der Waals surface area contributed by atoms with Crippen LogP contribution in [-0.4, -0.2) is 30.6 Å². The van der Waals surface area contributed by atoms with Gasteiger partial charge in [-0.3, -0.25) is 0 Å². The third kappa shape index (κ3) is 1.63. The Labute approximate surface area is 65.1 Å². The summed E-state index contributed by atoms with van der Waals surface area (Å²) >= 11 is 0. The second-order valence-electron chi connectivity index (χ2n) is 3.31. The van der Waals surface area contributed by atoms with Crippen molar-refractivity contribution in [3.63, 3.8) is 0 Å². The van der Waals surface area contributed by atoms with Crippen molar-refractivity contribution < 1.29 is 19.4 Å². The molecule has 1 rings (SSSR count). The van der Waals surface area contributed by atoms with E-state index in [0.717, 1.165) is 0 Å². The van der Waals surface area contributed by atoms with Crippen molar-refractivity contribution >= 4 is 6.16 Å². The van der Waals surface area contributed by atoms with Crippen molar-refractivity contribution in [1.82, 2.24) is 0 Å². The third-order valence-corrected chi connectivity index (χ3v) is 1.87. The number of hydrogen-bond donors (Lipinski definition) is 1. The van der Waals surface area contributed by atoms with Crippen molar-refractivity contribution in [2.24, 2.45) is 5.41 Å². The molecule has 1 heterocycles. The maximum atomic E-state index is 10.5. The zero-order valence-corrected chi connectivity index (χ0v) is 6.66. The van der Waals surface area contributed by atoms with Crippen molar-refractivity contribution in [1.29, 1.82) is 0 Å². The van der Waals surface area contributed by atoms with Crippen molar-refractivity contribution in [2.75, 3.05) is 13.2 Å². The molecule has 1 fully saturated rings. The van der Waals surface area contributed by atoms with Crippen LogP contribution in [0.4, 0.5) is 4.79 Å². The maximum Gasteiger partial charge on any atom is 0.508 e. The summed E-state index contributed by atoms with van der Waals surface area (Å²) in [5.41, 5.74) is -0.411. The van der Waals surface area contributed by atoms with Gasteiger partial charge in [0.2, 0.25) is 0 Å². The fourth-order valence-electron chi connectivity index (χ4n) is 0.815. The first-order chi connectivity index (χ1) is 5.06. The second-order valence-corrected chi connectivity index (χ2v) is 3.31. The van der Waals surface area contributed by atoms with E-state index in [4.69, 9.17) is 9.84 Å². The summed E-state index contributed by atoms with van der Waals surface area (Å²) in [5, 5.41) is 8.89. The van der Waals surface area contributed by atoms with Gasteiger partial charge >= 0.3 is 6.16 Å². The van der Waals surface area contributed by atoms with Gasteiger partial charge in [-0.15, -0.1) is 0 Å². The standard InChI is InChI=1S/C7H12O4/c1-7(2,4-8)5-3-10-6(9)11-5/h5,8H,3-4H2,1-2H3/t5-/m0/s1. The fourth-order valence-corrected chi connectivity index (χ4v) is 0.815. The lowest BCUT2D eigenvalue weighted by atomic mass is 9.88. The molecule has 1 aliphatic heterocycles. The molecular weight excluding hydrogens is 148 g/mol. The summed E-state index contributed by atoms with van der Waals surface area (Å²) in [5.74, 6) is 0. The van der Waals surface area contributed by atoms with Gasteiger partial charge in [0.25, 0.3) is 0 Å². The van der Waals surface area contributed by atoms with Crippen LogP contribution in [0.2, 0.25) is 0 Å². The molecule has 0 aromatic carbocycles. The van der Waals surface area contributed by atoms with Gasteiger partial charge in [-0.2, -0.15) is 0 Å². The lowest BCUT2D eigenvalue weighted by Crippen LogP contribution is -2.34. The topological polar surface area (TPSA) is 55.8 Å². The van der Waals surface area contributed by atoms with E-state index in [9.17, 15) is 4.79 Å². The molecule has 1 aliphatic rings. The molecule has 0 unspecified atom stereocenters. The van der Waals surface area contributed by atoms with Gasteiger partial charge in [0, 0.05) is 5.41 Å². The molecular formula is C7H12O4. The Morgan fingerprint density at radius 1 is 1.73 bits per heavy atom. The Bertz CT molecular complexity index is 164. The highest BCUT2D eigenvalue weighted by atomic mass is 16.8. The Balaban J connectivity index is 2.55. The second kappa shape index (κ2) is 2.70. The van der Waals surface area contributed by atoms with Crippen LogP contribution in [0.25, 0.3) is 0 Å². The van der Waals surface area contributed by atoms with Crippen LogP contribution in [-0.2, 0) is 9.47 Å². The Morgan fingerprint density at radius 2 is 2.36 bits per heavy atom. The number of cyclic esters (lactones) is 2. The molecule has 1 atom stereocenters. The minimum atomic E-state index is -0.642. The van der Waals surface area contributed by atoms with Crippen LogP contribution in [0.3, 0.4) is 0 Å². The molecule has 0 radical (unpaired) electrons. The van der Waals surface area contributed by atoms with Crippen LogP contribution >= 0.6 is 0 Å². The molecule has 11 heavy (non-hydrogen) atoms. The number of rotatable bonds is 2. The highest BCUT2D eigenvalue weighted by Crippen LogP contribution is 2.26. The average Bonchev–Trinajstić information content (AvgIpc) is 2.36. The number of aliphatic hydroxyl groups is 1. The number of carbonyl (C=O) groups excluding carboxylic acids is 1. The molecule has 0 saturated carbocycles. The van der Waals surface area contributed by atoms with Gasteiger partial charge in [0.1, 0.15) is 12.7 Å². The fraction of sp³-hybridized carbons (Fsp3) is 0.857. The molecule has 0 amide bonds. The molecule has 0 aliphatic carbocycles. The Kier molecular flexibility index (Phi) is 2.04. The minimum absolute atomic E-state index is 0.0195. The molecule has 1 N–H and O–H groups in total. The van der Waals surface area contributed by atoms with Crippen molar-refractivity contribution in [3.05, 3.63) is 0 Å². The first kappa shape index (κ1) is 8.33. The Hall–Kier alpha value is -0.770. The van der Waals surface area contributed by atoms with E-state index in [-0.39, 0.29) is 19.3 Å². The van der Waals surface area contributed by atoms with Gasteiger partial charge in [-0.05, 0) is 0 Å². The van der Waals surface area contributed by atoms with E-state index in [1.165, 1.54) is 0 Å². The number of ether oxygens (including phenoxy) is 2. The predicted octanol–water partition coefficient (Wildman–Crippen LogP) is 0.540. The van der Waals surface area contributed by atoms with Gasteiger partial charge in [0.05, 0.1) is 6.61 Å². The largest absolute Gasteiger partial charge is 0.508 e. The van der Waals surface area contributed by atoms with Crippen LogP contribution in [0.5, 0.6) is 0 Å². The highest BCUT2D eigenvalue weighted by Gasteiger charge is 2.38. The quantitative estimate of drug-likeness (QED) is 0.599. The SMILES string of the molecule is CC(C)(CO)[C@@H]1COC(=O)O1. The monoisotopic (exact) mass is 160 g/mol. The zero-order chi connectivity index (χ0) is 8.48. The van der Waals surface area contributed by atoms with Crippen molar-refractivity contribution in [2.45, 2.75) is 20.0 Å². The highest BCUT2D eigenvalue weighted by molar-refractivity contribution is 5.62. The summed E-state index contributed by atoms with van der Waals surface area (Å²) in [4.78, 5) is 10.5. The lowest BCUT2D eigenvalue weighted by molar-refractivity contribution is 0.0227. The van der Waals surface area contributed by atoms with Crippen molar-refractivity contribution in [3.8, 4) is 0 Å². The summed E-state index contributed by atoms with van der Waals surface area (Å²) < 4.78 is 9.38. The minimum Gasteiger partial charge on any atom is -0.430 e. The van der Waals surface area contributed by atoms with Crippen LogP contribution in [0, 0.1) is 5.41 Å². The van der Waals surface area contributed by atoms with E-state index >= 15 is 0 Å². The van der Waals surface area contributed by atoms with E-state index < -0.39 is 11.6 Å². The number of aliphatic hydroxyl groups excluding tert-OH is 1. The molecule has 4 heteroatoms. The predicted molar refractivity (Wildman–Crippen MR) is 37.1 cm³/mol. The molecule has 4 nitrogen and oxygen atoms in total. The van der Waals surface area contributed by atoms with E-state index in [2.05, 4.69) is 4.74 Å². The van der Waals surface area contributed by atoms with Crippen LogP contribution in [0.1, 0.15) is 13.8 Å². The maximum absolute atomic E-state index is 10.5. The third-order valence-electron chi connectivity index (χ3n) is 1.87. The normalized spacial score (nSPS) is 24.6. The molecule has 1 saturated heterocycles. The van der Waals surface area contributed by atoms with Gasteiger partial charge < -0.3 is 14.6 Å². The van der Waals surface area contributed by atoms with Crippen LogP contribution in [0.15, 0.2) is 0 Å². The number of carbonyl (C=O) groups is 1. The molecule has 64 valence electrons. The van der Waals surface area contributed by atoms with Gasteiger partial charge in [-0.1, -0.05) is 13.8 Å². The first-order valence-electron chi connectivity index (χ1n) is 3.50. The molecule has 0 aromatic heterocycles. The van der Waals surface area contributed by atoms with E-state index in [0.29, 0.717) is 0 Å². The van der Waals surface area contributed by atoms with Gasteiger partial charge in [0.15, 0.2) is 0 Å².